The highest BCUT2D eigenvalue weighted by atomic mass is 15.3. The summed E-state index contributed by atoms with van der Waals surface area (Å²) < 4.78 is 0. The third kappa shape index (κ3) is 2.43. The predicted octanol–water partition coefficient (Wildman–Crippen LogP) is 2.85. The first-order valence-corrected chi connectivity index (χ1v) is 6.93. The quantitative estimate of drug-likeness (QED) is 0.569. The third-order valence-corrected chi connectivity index (χ3v) is 3.53. The molecule has 0 fully saturated rings. The summed E-state index contributed by atoms with van der Waals surface area (Å²) >= 11 is 0. The number of benzene rings is 1. The molecule has 0 unspecified atom stereocenters. The van der Waals surface area contributed by atoms with Crippen LogP contribution >= 0.6 is 0 Å². The van der Waals surface area contributed by atoms with Gasteiger partial charge in [-0.05, 0) is 25.5 Å². The largest absolute Gasteiger partial charge is 0.308 e. The minimum Gasteiger partial charge on any atom is -0.308 e. The van der Waals surface area contributed by atoms with Crippen LogP contribution in [0.2, 0.25) is 0 Å². The number of aromatic nitrogens is 3. The van der Waals surface area contributed by atoms with Crippen LogP contribution in [0, 0.1) is 6.92 Å². The van der Waals surface area contributed by atoms with E-state index in [0.717, 1.165) is 34.3 Å². The second kappa shape index (κ2) is 5.46. The molecule has 3 N–H and O–H groups in total. The summed E-state index contributed by atoms with van der Waals surface area (Å²) in [4.78, 5) is 13.7. The molecule has 106 valence electrons. The lowest BCUT2D eigenvalue weighted by atomic mass is 10.1. The van der Waals surface area contributed by atoms with E-state index in [-0.39, 0.29) is 0 Å². The molecule has 2 aromatic heterocycles. The molecule has 3 aromatic rings. The zero-order valence-corrected chi connectivity index (χ0v) is 12.1. The van der Waals surface area contributed by atoms with E-state index >= 15 is 0 Å². The van der Waals surface area contributed by atoms with Crippen LogP contribution in [-0.4, -0.2) is 15.0 Å². The van der Waals surface area contributed by atoms with Gasteiger partial charge in [-0.25, -0.2) is 20.8 Å². The van der Waals surface area contributed by atoms with Crippen molar-refractivity contribution < 1.29 is 0 Å². The number of hydrogen-bond donors (Lipinski definition) is 2. The number of nitrogens with one attached hydrogen (secondary N) is 1. The Morgan fingerprint density at radius 2 is 1.86 bits per heavy atom. The average Bonchev–Trinajstić information content (AvgIpc) is 2.53. The Bertz CT molecular complexity index is 798. The number of hydrazine groups is 1. The van der Waals surface area contributed by atoms with E-state index in [1.807, 2.05) is 43.3 Å². The molecule has 5 heteroatoms. The zero-order chi connectivity index (χ0) is 14.8. The molecule has 1 aromatic carbocycles. The Labute approximate surface area is 123 Å². The minimum absolute atomic E-state index is 0.586. The average molecular weight is 279 g/mol. The van der Waals surface area contributed by atoms with Gasteiger partial charge in [-0.3, -0.25) is 0 Å². The van der Waals surface area contributed by atoms with Crippen molar-refractivity contribution in [1.29, 1.82) is 0 Å². The number of rotatable bonds is 3. The van der Waals surface area contributed by atoms with Gasteiger partial charge >= 0.3 is 0 Å². The van der Waals surface area contributed by atoms with Crippen LogP contribution in [0.25, 0.3) is 22.4 Å². The van der Waals surface area contributed by atoms with Crippen LogP contribution in [0.15, 0.2) is 36.4 Å². The maximum Gasteiger partial charge on any atom is 0.180 e. The van der Waals surface area contributed by atoms with Gasteiger partial charge in [0, 0.05) is 16.6 Å². The number of hydrogen-bond acceptors (Lipinski definition) is 5. The molecule has 0 atom stereocenters. The van der Waals surface area contributed by atoms with E-state index in [2.05, 4.69) is 27.3 Å². The van der Waals surface area contributed by atoms with Crippen LogP contribution < -0.4 is 11.3 Å². The normalized spacial score (nSPS) is 10.8. The van der Waals surface area contributed by atoms with Crippen LogP contribution in [-0.2, 0) is 6.42 Å². The van der Waals surface area contributed by atoms with Crippen LogP contribution in [0.3, 0.4) is 0 Å². The first-order chi connectivity index (χ1) is 10.2. The Kier molecular flexibility index (Phi) is 3.50. The highest BCUT2D eigenvalue weighted by Gasteiger charge is 2.12. The van der Waals surface area contributed by atoms with Gasteiger partial charge in [0.05, 0.1) is 5.52 Å². The van der Waals surface area contributed by atoms with E-state index < -0.39 is 0 Å². The number of nitrogens with two attached hydrogens (primary N) is 1. The molecular weight excluding hydrogens is 262 g/mol. The van der Waals surface area contributed by atoms with E-state index in [9.17, 15) is 0 Å². The first kappa shape index (κ1) is 13.5. The fraction of sp³-hybridized carbons (Fsp3) is 0.188. The molecule has 0 amide bonds. The van der Waals surface area contributed by atoms with Crippen molar-refractivity contribution in [2.75, 3.05) is 5.43 Å². The molecule has 0 spiro atoms. The molecule has 0 radical (unpaired) electrons. The van der Waals surface area contributed by atoms with E-state index in [4.69, 9.17) is 5.84 Å². The maximum atomic E-state index is 5.57. The van der Waals surface area contributed by atoms with Gasteiger partial charge in [-0.15, -0.1) is 0 Å². The van der Waals surface area contributed by atoms with Crippen molar-refractivity contribution in [2.45, 2.75) is 20.3 Å². The lowest BCUT2D eigenvalue weighted by Gasteiger charge is -2.11. The summed E-state index contributed by atoms with van der Waals surface area (Å²) in [6, 6.07) is 11.9. The van der Waals surface area contributed by atoms with E-state index in [1.54, 1.807) is 0 Å². The van der Waals surface area contributed by atoms with Crippen molar-refractivity contribution in [1.82, 2.24) is 15.0 Å². The van der Waals surface area contributed by atoms with Gasteiger partial charge < -0.3 is 5.43 Å². The van der Waals surface area contributed by atoms with Crippen LogP contribution in [0.1, 0.15) is 18.2 Å². The standard InChI is InChI=1S/C16H17N5/c1-3-12-10(2)18-16(20-15(12)21-17)14-9-8-11-6-4-5-7-13(11)19-14/h4-9H,3,17H2,1-2H3,(H,18,20,21). The molecule has 5 nitrogen and oxygen atoms in total. The minimum atomic E-state index is 0.586. The number of pyridine rings is 1. The summed E-state index contributed by atoms with van der Waals surface area (Å²) in [7, 11) is 0. The lowest BCUT2D eigenvalue weighted by molar-refractivity contribution is 0.990. The molecule has 0 aliphatic rings. The highest BCUT2D eigenvalue weighted by Crippen LogP contribution is 2.22. The molecule has 3 rings (SSSR count). The second-order valence-corrected chi connectivity index (χ2v) is 4.85. The van der Waals surface area contributed by atoms with Gasteiger partial charge in [-0.1, -0.05) is 31.2 Å². The summed E-state index contributed by atoms with van der Waals surface area (Å²) in [5.41, 5.74) is 6.28. The Balaban J connectivity index is 2.15. The van der Waals surface area contributed by atoms with E-state index in [0.29, 0.717) is 11.6 Å². The smallest absolute Gasteiger partial charge is 0.180 e. The van der Waals surface area contributed by atoms with Crippen molar-refractivity contribution in [3.63, 3.8) is 0 Å². The summed E-state index contributed by atoms with van der Waals surface area (Å²) in [6.45, 7) is 4.02. The van der Waals surface area contributed by atoms with Crippen molar-refractivity contribution in [3.05, 3.63) is 47.7 Å². The van der Waals surface area contributed by atoms with Crippen LogP contribution in [0.4, 0.5) is 5.82 Å². The molecule has 0 saturated carbocycles. The molecule has 2 heterocycles. The fourth-order valence-corrected chi connectivity index (χ4v) is 2.44. The Hall–Kier alpha value is -2.53. The van der Waals surface area contributed by atoms with Gasteiger partial charge in [0.15, 0.2) is 5.82 Å². The molecule has 21 heavy (non-hydrogen) atoms. The van der Waals surface area contributed by atoms with Crippen molar-refractivity contribution >= 4 is 16.7 Å². The number of nitrogens with zero attached hydrogens (tertiary/aromatic N) is 3. The maximum absolute atomic E-state index is 5.57. The lowest BCUT2D eigenvalue weighted by Crippen LogP contribution is -2.13. The Morgan fingerprint density at radius 1 is 1.05 bits per heavy atom. The molecule has 0 bridgehead atoms. The Morgan fingerprint density at radius 3 is 2.62 bits per heavy atom. The fourth-order valence-electron chi connectivity index (χ4n) is 2.44. The first-order valence-electron chi connectivity index (χ1n) is 6.93. The summed E-state index contributed by atoms with van der Waals surface area (Å²) in [5, 5.41) is 1.10. The van der Waals surface area contributed by atoms with Gasteiger partial charge in [0.1, 0.15) is 11.5 Å². The van der Waals surface area contributed by atoms with Crippen molar-refractivity contribution in [3.8, 4) is 11.5 Å². The van der Waals surface area contributed by atoms with Gasteiger partial charge in [-0.2, -0.15) is 0 Å². The van der Waals surface area contributed by atoms with Crippen LogP contribution in [0.5, 0.6) is 0 Å². The van der Waals surface area contributed by atoms with Gasteiger partial charge in [0.25, 0.3) is 0 Å². The topological polar surface area (TPSA) is 76.7 Å². The third-order valence-electron chi connectivity index (χ3n) is 3.53. The summed E-state index contributed by atoms with van der Waals surface area (Å²) in [5.74, 6) is 6.82. The molecule has 0 aliphatic carbocycles. The number of anilines is 1. The number of fused-ring (bicyclic) bond motifs is 1. The predicted molar refractivity (Wildman–Crippen MR) is 84.7 cm³/mol. The summed E-state index contributed by atoms with van der Waals surface area (Å²) in [6.07, 6.45) is 0.830. The molecule has 0 saturated heterocycles. The SMILES string of the molecule is CCc1c(C)nc(-c2ccc3ccccc3n2)nc1NN. The van der Waals surface area contributed by atoms with Gasteiger partial charge in [0.2, 0.25) is 0 Å². The zero-order valence-electron chi connectivity index (χ0n) is 12.1. The second-order valence-electron chi connectivity index (χ2n) is 4.85. The number of nitrogen functional groups attached to an aromatic ring is 1. The number of aryl methyl sites for hydroxylation is 1. The highest BCUT2D eigenvalue weighted by molar-refractivity contribution is 5.80. The monoisotopic (exact) mass is 279 g/mol. The molecular formula is C16H17N5. The molecule has 0 aliphatic heterocycles. The van der Waals surface area contributed by atoms with E-state index in [1.165, 1.54) is 0 Å². The number of para-hydroxylation sites is 1. The van der Waals surface area contributed by atoms with Crippen molar-refractivity contribution in [2.24, 2.45) is 5.84 Å².